The highest BCUT2D eigenvalue weighted by atomic mass is 35.5. The summed E-state index contributed by atoms with van der Waals surface area (Å²) in [6.45, 7) is 3.90. The highest BCUT2D eigenvalue weighted by Gasteiger charge is 2.18. The maximum absolute atomic E-state index is 12.4. The number of hydrogen-bond acceptors (Lipinski definition) is 4. The van der Waals surface area contributed by atoms with Crippen LogP contribution in [0.2, 0.25) is 10.0 Å². The summed E-state index contributed by atoms with van der Waals surface area (Å²) in [5.41, 5.74) is 2.74. The van der Waals surface area contributed by atoms with Crippen molar-refractivity contribution in [2.24, 2.45) is 0 Å². The molecule has 1 unspecified atom stereocenters. The van der Waals surface area contributed by atoms with Crippen LogP contribution in [0.3, 0.4) is 0 Å². The fraction of sp³-hybridized carbons (Fsp3) is 0.211. The smallest absolute Gasteiger partial charge is 0.237 e. The van der Waals surface area contributed by atoms with E-state index in [1.165, 1.54) is 17.3 Å². The Morgan fingerprint density at radius 2 is 1.96 bits per heavy atom. The van der Waals surface area contributed by atoms with Gasteiger partial charge in [0.1, 0.15) is 0 Å². The molecule has 0 aliphatic rings. The molecule has 3 rings (SSSR count). The van der Waals surface area contributed by atoms with Gasteiger partial charge in [0.25, 0.3) is 0 Å². The normalized spacial score (nSPS) is 12.0. The number of halogens is 2. The van der Waals surface area contributed by atoms with Crippen LogP contribution in [0, 0.1) is 0 Å². The Balaban J connectivity index is 1.64. The van der Waals surface area contributed by atoms with Gasteiger partial charge in [-0.3, -0.25) is 9.89 Å². The number of anilines is 1. The van der Waals surface area contributed by atoms with E-state index in [9.17, 15) is 4.79 Å². The molecule has 27 heavy (non-hydrogen) atoms. The first-order chi connectivity index (χ1) is 13.0. The zero-order valence-corrected chi connectivity index (χ0v) is 17.1. The Morgan fingerprint density at radius 1 is 1.22 bits per heavy atom. The minimum Gasteiger partial charge on any atom is -0.324 e. The number of thioether (sulfide) groups is 1. The summed E-state index contributed by atoms with van der Waals surface area (Å²) in [4.78, 5) is 16.9. The van der Waals surface area contributed by atoms with Gasteiger partial charge in [0.15, 0.2) is 5.82 Å². The van der Waals surface area contributed by atoms with E-state index in [1.807, 2.05) is 12.1 Å². The fourth-order valence-electron chi connectivity index (χ4n) is 2.36. The van der Waals surface area contributed by atoms with Crippen LogP contribution in [0.1, 0.15) is 19.4 Å². The molecule has 3 aromatic rings. The molecule has 0 spiro atoms. The van der Waals surface area contributed by atoms with Gasteiger partial charge in [0.05, 0.1) is 16.0 Å². The molecule has 0 aliphatic carbocycles. The Kier molecular flexibility index (Phi) is 6.42. The number of benzene rings is 2. The van der Waals surface area contributed by atoms with Crippen molar-refractivity contribution in [3.8, 4) is 11.4 Å². The standard InChI is InChI=1S/C19H18Cl2N4OS/c1-3-12-4-6-13(7-5-12)17-23-19(25-24-17)27-11(2)18(26)22-16-9-8-14(20)10-15(16)21/h4-11H,3H2,1-2H3,(H,22,26)(H,23,24,25). The van der Waals surface area contributed by atoms with Crippen LogP contribution in [-0.4, -0.2) is 26.3 Å². The molecular weight excluding hydrogens is 403 g/mol. The lowest BCUT2D eigenvalue weighted by Crippen LogP contribution is -2.22. The number of H-pyrrole nitrogens is 1. The first-order valence-corrected chi connectivity index (χ1v) is 10.0. The van der Waals surface area contributed by atoms with Crippen LogP contribution in [0.15, 0.2) is 47.6 Å². The summed E-state index contributed by atoms with van der Waals surface area (Å²) in [5.74, 6) is 0.483. The number of rotatable bonds is 6. The first kappa shape index (κ1) is 19.7. The van der Waals surface area contributed by atoms with Gasteiger partial charge in [0.2, 0.25) is 11.1 Å². The van der Waals surface area contributed by atoms with E-state index >= 15 is 0 Å². The van der Waals surface area contributed by atoms with E-state index in [0.29, 0.717) is 26.7 Å². The number of aryl methyl sites for hydroxylation is 1. The molecule has 1 atom stereocenters. The zero-order chi connectivity index (χ0) is 19.4. The summed E-state index contributed by atoms with van der Waals surface area (Å²) < 4.78 is 0. The molecule has 2 N–H and O–H groups in total. The molecule has 0 saturated carbocycles. The topological polar surface area (TPSA) is 70.7 Å². The van der Waals surface area contributed by atoms with Crippen LogP contribution in [-0.2, 0) is 11.2 Å². The molecular formula is C19H18Cl2N4OS. The van der Waals surface area contributed by atoms with Crippen LogP contribution in [0.25, 0.3) is 11.4 Å². The largest absolute Gasteiger partial charge is 0.324 e. The van der Waals surface area contributed by atoms with Gasteiger partial charge in [0, 0.05) is 10.6 Å². The van der Waals surface area contributed by atoms with Crippen molar-refractivity contribution in [2.75, 3.05) is 5.32 Å². The van der Waals surface area contributed by atoms with E-state index < -0.39 is 5.25 Å². The summed E-state index contributed by atoms with van der Waals surface area (Å²) in [5, 5.41) is 10.9. The van der Waals surface area contributed by atoms with Crippen molar-refractivity contribution in [1.82, 2.24) is 15.2 Å². The first-order valence-electron chi connectivity index (χ1n) is 8.40. The van der Waals surface area contributed by atoms with Gasteiger partial charge in [-0.25, -0.2) is 4.98 Å². The van der Waals surface area contributed by atoms with Gasteiger partial charge in [-0.05, 0) is 37.1 Å². The lowest BCUT2D eigenvalue weighted by molar-refractivity contribution is -0.115. The number of carbonyl (C=O) groups is 1. The van der Waals surface area contributed by atoms with E-state index in [1.54, 1.807) is 25.1 Å². The van der Waals surface area contributed by atoms with E-state index in [4.69, 9.17) is 23.2 Å². The van der Waals surface area contributed by atoms with Crippen LogP contribution >= 0.6 is 35.0 Å². The lowest BCUT2D eigenvalue weighted by atomic mass is 10.1. The Morgan fingerprint density at radius 3 is 2.63 bits per heavy atom. The fourth-order valence-corrected chi connectivity index (χ4v) is 3.54. The van der Waals surface area contributed by atoms with Crippen molar-refractivity contribution >= 4 is 46.6 Å². The Bertz CT molecular complexity index is 943. The Hall–Kier alpha value is -2.02. The average Bonchev–Trinajstić information content (AvgIpc) is 3.12. The molecule has 0 fully saturated rings. The minimum absolute atomic E-state index is 0.192. The average molecular weight is 421 g/mol. The van der Waals surface area contributed by atoms with Crippen LogP contribution < -0.4 is 5.32 Å². The highest BCUT2D eigenvalue weighted by Crippen LogP contribution is 2.28. The number of nitrogens with zero attached hydrogens (tertiary/aromatic N) is 2. The lowest BCUT2D eigenvalue weighted by Gasteiger charge is -2.11. The van der Waals surface area contributed by atoms with Crippen LogP contribution in [0.4, 0.5) is 5.69 Å². The van der Waals surface area contributed by atoms with Gasteiger partial charge in [-0.15, -0.1) is 5.10 Å². The second-order valence-electron chi connectivity index (χ2n) is 5.89. The quantitative estimate of drug-likeness (QED) is 0.519. The molecule has 1 amide bonds. The molecule has 0 aliphatic heterocycles. The third-order valence-corrected chi connectivity index (χ3v) is 5.45. The molecule has 1 heterocycles. The van der Waals surface area contributed by atoms with Gasteiger partial charge in [-0.2, -0.15) is 0 Å². The second kappa shape index (κ2) is 8.78. The van der Waals surface area contributed by atoms with E-state index in [-0.39, 0.29) is 5.91 Å². The number of aromatic amines is 1. The predicted molar refractivity (Wildman–Crippen MR) is 112 cm³/mol. The Labute approximate surface area is 171 Å². The molecule has 140 valence electrons. The third kappa shape index (κ3) is 5.03. The van der Waals surface area contributed by atoms with Gasteiger partial charge >= 0.3 is 0 Å². The summed E-state index contributed by atoms with van der Waals surface area (Å²) in [7, 11) is 0. The van der Waals surface area contributed by atoms with Crippen molar-refractivity contribution in [1.29, 1.82) is 0 Å². The maximum Gasteiger partial charge on any atom is 0.237 e. The van der Waals surface area contributed by atoms with Crippen molar-refractivity contribution in [3.63, 3.8) is 0 Å². The zero-order valence-electron chi connectivity index (χ0n) is 14.8. The monoisotopic (exact) mass is 420 g/mol. The van der Waals surface area contributed by atoms with Gasteiger partial charge < -0.3 is 5.32 Å². The molecule has 5 nitrogen and oxygen atoms in total. The third-order valence-electron chi connectivity index (χ3n) is 3.94. The summed E-state index contributed by atoms with van der Waals surface area (Å²) >= 11 is 13.2. The molecule has 0 bridgehead atoms. The van der Waals surface area contributed by atoms with Crippen molar-refractivity contribution in [3.05, 3.63) is 58.1 Å². The molecule has 0 saturated heterocycles. The molecule has 1 aromatic heterocycles. The van der Waals surface area contributed by atoms with Crippen LogP contribution in [0.5, 0.6) is 0 Å². The van der Waals surface area contributed by atoms with E-state index in [2.05, 4.69) is 39.6 Å². The van der Waals surface area contributed by atoms with Crippen molar-refractivity contribution in [2.45, 2.75) is 30.7 Å². The second-order valence-corrected chi connectivity index (χ2v) is 8.04. The molecule has 2 aromatic carbocycles. The van der Waals surface area contributed by atoms with Gasteiger partial charge in [-0.1, -0.05) is 66.2 Å². The molecule has 8 heteroatoms. The number of hydrogen-bond donors (Lipinski definition) is 2. The highest BCUT2D eigenvalue weighted by molar-refractivity contribution is 8.00. The maximum atomic E-state index is 12.4. The summed E-state index contributed by atoms with van der Waals surface area (Å²) in [6, 6.07) is 13.1. The number of nitrogens with one attached hydrogen (secondary N) is 2. The van der Waals surface area contributed by atoms with Crippen molar-refractivity contribution < 1.29 is 4.79 Å². The molecule has 0 radical (unpaired) electrons. The predicted octanol–water partition coefficient (Wildman–Crippen LogP) is 5.46. The summed E-state index contributed by atoms with van der Waals surface area (Å²) in [6.07, 6.45) is 0.988. The number of carbonyl (C=O) groups excluding carboxylic acids is 1. The SMILES string of the molecule is CCc1ccc(-c2nc(SC(C)C(=O)Nc3ccc(Cl)cc3Cl)n[nH]2)cc1. The van der Waals surface area contributed by atoms with E-state index in [0.717, 1.165) is 12.0 Å². The minimum atomic E-state index is -0.400. The number of aromatic nitrogens is 3. The number of amides is 1.